The summed E-state index contributed by atoms with van der Waals surface area (Å²) < 4.78 is 2.64. The van der Waals surface area contributed by atoms with Crippen molar-refractivity contribution in [2.24, 2.45) is 0 Å². The molecule has 0 unspecified atom stereocenters. The predicted octanol–water partition coefficient (Wildman–Crippen LogP) is 14.8. The van der Waals surface area contributed by atoms with E-state index >= 15 is 0 Å². The molecule has 0 spiro atoms. The fourth-order valence-electron chi connectivity index (χ4n) is 7.76. The largest absolute Gasteiger partial charge is 0.309 e. The molecule has 0 saturated carbocycles. The molecule has 0 aliphatic carbocycles. The Labute approximate surface area is 307 Å². The third-order valence-electron chi connectivity index (χ3n) is 10.3. The Morgan fingerprint density at radius 2 is 0.865 bits per heavy atom. The predicted molar refractivity (Wildman–Crippen MR) is 225 cm³/mol. The Balaban J connectivity index is 1.11. The van der Waals surface area contributed by atoms with Crippen LogP contribution in [0.5, 0.6) is 0 Å². The number of benzene rings is 9. The molecule has 244 valence electrons. The van der Waals surface area contributed by atoms with Gasteiger partial charge in [0.25, 0.3) is 0 Å². The van der Waals surface area contributed by atoms with Gasteiger partial charge < -0.3 is 4.90 Å². The number of anilines is 3. The molecular formula is C50H33NS. The zero-order valence-corrected chi connectivity index (χ0v) is 29.2. The highest BCUT2D eigenvalue weighted by Gasteiger charge is 2.20. The molecule has 52 heavy (non-hydrogen) atoms. The van der Waals surface area contributed by atoms with Gasteiger partial charge in [-0.1, -0.05) is 152 Å². The Hall–Kier alpha value is -6.48. The van der Waals surface area contributed by atoms with Gasteiger partial charge in [0.05, 0.1) is 11.4 Å². The van der Waals surface area contributed by atoms with Crippen LogP contribution >= 0.6 is 11.3 Å². The van der Waals surface area contributed by atoms with Crippen LogP contribution in [0.25, 0.3) is 75.1 Å². The van der Waals surface area contributed by atoms with E-state index in [2.05, 4.69) is 205 Å². The quantitative estimate of drug-likeness (QED) is 0.169. The van der Waals surface area contributed by atoms with E-state index in [-0.39, 0.29) is 0 Å². The summed E-state index contributed by atoms with van der Waals surface area (Å²) in [7, 11) is 0. The first-order valence-corrected chi connectivity index (χ1v) is 18.6. The SMILES string of the molecule is c1cc(-c2ccc(N(c3ccccc3-c3ccc4sc5ccccc5c4c3)c3cccc4ccccc34)cc2)cc(-c2cccc3ccccc23)c1. The molecule has 1 heterocycles. The van der Waals surface area contributed by atoms with Gasteiger partial charge in [-0.25, -0.2) is 0 Å². The summed E-state index contributed by atoms with van der Waals surface area (Å²) in [6.45, 7) is 0. The maximum absolute atomic E-state index is 2.43. The second kappa shape index (κ2) is 12.7. The summed E-state index contributed by atoms with van der Waals surface area (Å²) in [5, 5.41) is 7.58. The van der Waals surface area contributed by atoms with Gasteiger partial charge in [-0.2, -0.15) is 0 Å². The van der Waals surface area contributed by atoms with E-state index < -0.39 is 0 Å². The second-order valence-electron chi connectivity index (χ2n) is 13.3. The van der Waals surface area contributed by atoms with Crippen LogP contribution in [0.3, 0.4) is 0 Å². The first kappa shape index (κ1) is 30.4. The number of nitrogens with zero attached hydrogens (tertiary/aromatic N) is 1. The van der Waals surface area contributed by atoms with Crippen molar-refractivity contribution in [2.45, 2.75) is 0 Å². The number of fused-ring (bicyclic) bond motifs is 5. The van der Waals surface area contributed by atoms with Gasteiger partial charge in [-0.3, -0.25) is 0 Å². The summed E-state index contributed by atoms with van der Waals surface area (Å²) in [6, 6.07) is 73.0. The van der Waals surface area contributed by atoms with Crippen molar-refractivity contribution >= 4 is 70.1 Å². The van der Waals surface area contributed by atoms with Crippen LogP contribution in [0.2, 0.25) is 0 Å². The number of thiophene rings is 1. The summed E-state index contributed by atoms with van der Waals surface area (Å²) in [5.74, 6) is 0. The number of hydrogen-bond acceptors (Lipinski definition) is 2. The highest BCUT2D eigenvalue weighted by molar-refractivity contribution is 7.25. The molecule has 0 amide bonds. The van der Waals surface area contributed by atoms with Gasteiger partial charge in [0, 0.05) is 36.8 Å². The van der Waals surface area contributed by atoms with Crippen LogP contribution in [0.1, 0.15) is 0 Å². The van der Waals surface area contributed by atoms with Gasteiger partial charge in [0.1, 0.15) is 0 Å². The number of rotatable bonds is 6. The van der Waals surface area contributed by atoms with E-state index in [9.17, 15) is 0 Å². The van der Waals surface area contributed by atoms with Crippen molar-refractivity contribution in [3.63, 3.8) is 0 Å². The molecule has 10 rings (SSSR count). The normalized spacial score (nSPS) is 11.5. The minimum atomic E-state index is 1.11. The number of para-hydroxylation sites is 1. The Morgan fingerprint density at radius 3 is 1.73 bits per heavy atom. The van der Waals surface area contributed by atoms with Crippen LogP contribution in [-0.2, 0) is 0 Å². The minimum Gasteiger partial charge on any atom is -0.309 e. The molecule has 10 aromatic rings. The monoisotopic (exact) mass is 679 g/mol. The average molecular weight is 680 g/mol. The Morgan fingerprint density at radius 1 is 0.308 bits per heavy atom. The third kappa shape index (κ3) is 5.24. The topological polar surface area (TPSA) is 3.24 Å². The maximum Gasteiger partial charge on any atom is 0.0540 e. The minimum absolute atomic E-state index is 1.11. The fourth-order valence-corrected chi connectivity index (χ4v) is 8.85. The third-order valence-corrected chi connectivity index (χ3v) is 11.4. The average Bonchev–Trinajstić information content (AvgIpc) is 3.59. The Kier molecular flexibility index (Phi) is 7.41. The summed E-state index contributed by atoms with van der Waals surface area (Å²) in [5.41, 5.74) is 10.7. The first-order valence-electron chi connectivity index (χ1n) is 17.8. The highest BCUT2D eigenvalue weighted by Crippen LogP contribution is 2.45. The fraction of sp³-hybridized carbons (Fsp3) is 0. The van der Waals surface area contributed by atoms with Crippen molar-refractivity contribution in [2.75, 3.05) is 4.90 Å². The lowest BCUT2D eigenvalue weighted by atomic mass is 9.95. The molecule has 1 nitrogen and oxygen atoms in total. The van der Waals surface area contributed by atoms with E-state index in [4.69, 9.17) is 0 Å². The lowest BCUT2D eigenvalue weighted by Gasteiger charge is -2.29. The lowest BCUT2D eigenvalue weighted by Crippen LogP contribution is -2.11. The van der Waals surface area contributed by atoms with Gasteiger partial charge in [0.15, 0.2) is 0 Å². The molecule has 0 fully saturated rings. The van der Waals surface area contributed by atoms with Gasteiger partial charge in [-0.05, 0) is 92.5 Å². The van der Waals surface area contributed by atoms with Gasteiger partial charge >= 0.3 is 0 Å². The van der Waals surface area contributed by atoms with Gasteiger partial charge in [0.2, 0.25) is 0 Å². The first-order chi connectivity index (χ1) is 25.8. The standard InChI is InChI=1S/C50H33NS/c1-3-18-41-35(12-1)14-10-22-42(41)38-17-9-16-37(32-38)34-26-29-40(30-27-34)51(48-24-11-15-36-13-2-4-19-43(36)48)47-23-7-5-20-44(47)39-28-31-50-46(33-39)45-21-6-8-25-49(45)52-50/h1-33H. The van der Waals surface area contributed by atoms with Crippen LogP contribution in [0.15, 0.2) is 200 Å². The van der Waals surface area contributed by atoms with Crippen molar-refractivity contribution in [3.05, 3.63) is 200 Å². The smallest absolute Gasteiger partial charge is 0.0540 e. The van der Waals surface area contributed by atoms with Crippen LogP contribution in [0.4, 0.5) is 17.1 Å². The van der Waals surface area contributed by atoms with Crippen molar-refractivity contribution in [1.82, 2.24) is 0 Å². The zero-order valence-electron chi connectivity index (χ0n) is 28.4. The molecule has 0 aliphatic rings. The van der Waals surface area contributed by atoms with Crippen LogP contribution in [0, 0.1) is 0 Å². The van der Waals surface area contributed by atoms with Crippen LogP contribution < -0.4 is 4.90 Å². The summed E-state index contributed by atoms with van der Waals surface area (Å²) in [6.07, 6.45) is 0. The van der Waals surface area contributed by atoms with Crippen molar-refractivity contribution in [3.8, 4) is 33.4 Å². The molecule has 9 aromatic carbocycles. The Bertz CT molecular complexity index is 2910. The van der Waals surface area contributed by atoms with Gasteiger partial charge in [-0.15, -0.1) is 11.3 Å². The van der Waals surface area contributed by atoms with E-state index in [1.54, 1.807) is 0 Å². The molecule has 0 bridgehead atoms. The molecule has 0 aliphatic heterocycles. The molecule has 0 saturated heterocycles. The molecule has 0 radical (unpaired) electrons. The van der Waals surface area contributed by atoms with E-state index in [1.165, 1.54) is 75.1 Å². The lowest BCUT2D eigenvalue weighted by molar-refractivity contribution is 1.30. The summed E-state index contributed by atoms with van der Waals surface area (Å²) in [4.78, 5) is 2.43. The van der Waals surface area contributed by atoms with E-state index in [0.717, 1.165) is 17.1 Å². The van der Waals surface area contributed by atoms with Crippen LogP contribution in [-0.4, -0.2) is 0 Å². The molecule has 1 aromatic heterocycles. The molecule has 2 heteroatoms. The zero-order chi connectivity index (χ0) is 34.4. The highest BCUT2D eigenvalue weighted by atomic mass is 32.1. The van der Waals surface area contributed by atoms with Crippen molar-refractivity contribution in [1.29, 1.82) is 0 Å². The summed E-state index contributed by atoms with van der Waals surface area (Å²) >= 11 is 1.86. The van der Waals surface area contributed by atoms with E-state index in [1.807, 2.05) is 11.3 Å². The van der Waals surface area contributed by atoms with Crippen molar-refractivity contribution < 1.29 is 0 Å². The molecule has 0 atom stereocenters. The molecular weight excluding hydrogens is 647 g/mol. The molecule has 0 N–H and O–H groups in total. The second-order valence-corrected chi connectivity index (χ2v) is 14.4. The number of hydrogen-bond donors (Lipinski definition) is 0. The maximum atomic E-state index is 2.43. The van der Waals surface area contributed by atoms with E-state index in [0.29, 0.717) is 0 Å².